The molecule has 1 N–H and O–H groups in total. The number of likely N-dealkylation sites (N-methyl/N-ethyl adjacent to an activating group) is 1. The lowest BCUT2D eigenvalue weighted by atomic mass is 10.0. The largest absolute Gasteiger partial charge is 0.357 e. The third kappa shape index (κ3) is 7.41. The summed E-state index contributed by atoms with van der Waals surface area (Å²) in [7, 11) is 1.58. The lowest BCUT2D eigenvalue weighted by Crippen LogP contribution is -2.50. The van der Waals surface area contributed by atoms with Crippen LogP contribution in [0, 0.1) is 0 Å². The van der Waals surface area contributed by atoms with Gasteiger partial charge in [0, 0.05) is 40.8 Å². The Bertz CT molecular complexity index is 1090. The number of rotatable bonds is 10. The molecule has 0 heterocycles. The smallest absolute Gasteiger partial charge is 0.242 e. The first-order valence-electron chi connectivity index (χ1n) is 10.7. The van der Waals surface area contributed by atoms with E-state index in [1.165, 1.54) is 11.8 Å². The zero-order chi connectivity index (χ0) is 24.5. The molecule has 0 aliphatic rings. The van der Waals surface area contributed by atoms with Gasteiger partial charge in [0.2, 0.25) is 11.8 Å². The molecule has 0 bridgehead atoms. The molecule has 0 radical (unpaired) electrons. The Balaban J connectivity index is 1.82. The summed E-state index contributed by atoms with van der Waals surface area (Å²) in [5, 5.41) is 4.46. The topological polar surface area (TPSA) is 49.4 Å². The van der Waals surface area contributed by atoms with Crippen LogP contribution in [0.5, 0.6) is 0 Å². The van der Waals surface area contributed by atoms with Crippen molar-refractivity contribution in [2.24, 2.45) is 0 Å². The van der Waals surface area contributed by atoms with Crippen molar-refractivity contribution in [2.75, 3.05) is 12.8 Å². The maximum Gasteiger partial charge on any atom is 0.242 e. The van der Waals surface area contributed by atoms with E-state index < -0.39 is 6.04 Å². The van der Waals surface area contributed by atoms with Gasteiger partial charge in [0.25, 0.3) is 0 Å². The lowest BCUT2D eigenvalue weighted by molar-refractivity contribution is -0.139. The molecule has 1 unspecified atom stereocenters. The zero-order valence-electron chi connectivity index (χ0n) is 18.6. The van der Waals surface area contributed by atoms with Crippen molar-refractivity contribution in [3.05, 3.63) is 105 Å². The van der Waals surface area contributed by atoms with Crippen LogP contribution >= 0.6 is 46.6 Å². The van der Waals surface area contributed by atoms with Crippen LogP contribution in [0.2, 0.25) is 15.1 Å². The normalized spacial score (nSPS) is 11.6. The van der Waals surface area contributed by atoms with Gasteiger partial charge in [0.1, 0.15) is 6.04 Å². The van der Waals surface area contributed by atoms with Gasteiger partial charge in [0.15, 0.2) is 0 Å². The van der Waals surface area contributed by atoms with E-state index in [9.17, 15) is 9.59 Å². The van der Waals surface area contributed by atoms with Crippen LogP contribution in [-0.4, -0.2) is 35.6 Å². The highest BCUT2D eigenvalue weighted by Gasteiger charge is 2.29. The maximum absolute atomic E-state index is 13.5. The molecule has 2 amide bonds. The first-order chi connectivity index (χ1) is 16.4. The molecule has 3 aromatic rings. The quantitative estimate of drug-likeness (QED) is 0.333. The first kappa shape index (κ1) is 26.4. The Morgan fingerprint density at radius 3 is 2.15 bits per heavy atom. The number of hydrogen-bond donors (Lipinski definition) is 1. The molecular formula is C26H25Cl3N2O2S. The molecule has 34 heavy (non-hydrogen) atoms. The molecule has 0 spiro atoms. The summed E-state index contributed by atoms with van der Waals surface area (Å²) >= 11 is 20.0. The Morgan fingerprint density at radius 2 is 1.53 bits per heavy atom. The van der Waals surface area contributed by atoms with Crippen LogP contribution in [0.15, 0.2) is 72.8 Å². The summed E-state index contributed by atoms with van der Waals surface area (Å²) in [6, 6.07) is 21.6. The second-order valence-corrected chi connectivity index (χ2v) is 9.90. The Morgan fingerprint density at radius 1 is 0.882 bits per heavy atom. The molecule has 3 rings (SSSR count). The fourth-order valence-electron chi connectivity index (χ4n) is 3.50. The third-order valence-electron chi connectivity index (χ3n) is 5.32. The SMILES string of the molecule is CNC(=O)C(Cc1ccccc1)N(Cc1ccc(Cl)cc1)C(=O)CSCc1c(Cl)cccc1Cl. The molecule has 4 nitrogen and oxygen atoms in total. The van der Waals surface area contributed by atoms with Crippen molar-refractivity contribution in [1.82, 2.24) is 10.2 Å². The number of hydrogen-bond acceptors (Lipinski definition) is 3. The van der Waals surface area contributed by atoms with Crippen LogP contribution in [0.3, 0.4) is 0 Å². The highest BCUT2D eigenvalue weighted by atomic mass is 35.5. The van der Waals surface area contributed by atoms with E-state index in [1.807, 2.05) is 42.5 Å². The second-order valence-electron chi connectivity index (χ2n) is 7.66. The Hall–Kier alpha value is -2.18. The van der Waals surface area contributed by atoms with Gasteiger partial charge < -0.3 is 10.2 Å². The van der Waals surface area contributed by atoms with E-state index in [-0.39, 0.29) is 24.1 Å². The monoisotopic (exact) mass is 534 g/mol. The van der Waals surface area contributed by atoms with Crippen molar-refractivity contribution in [3.63, 3.8) is 0 Å². The highest BCUT2D eigenvalue weighted by Crippen LogP contribution is 2.28. The maximum atomic E-state index is 13.5. The molecular weight excluding hydrogens is 511 g/mol. The summed E-state index contributed by atoms with van der Waals surface area (Å²) < 4.78 is 0. The van der Waals surface area contributed by atoms with Crippen molar-refractivity contribution in [2.45, 2.75) is 24.8 Å². The predicted molar refractivity (Wildman–Crippen MR) is 143 cm³/mol. The minimum absolute atomic E-state index is 0.146. The number of benzene rings is 3. The molecule has 0 aliphatic carbocycles. The van der Waals surface area contributed by atoms with E-state index in [1.54, 1.807) is 42.3 Å². The van der Waals surface area contributed by atoms with E-state index in [4.69, 9.17) is 34.8 Å². The van der Waals surface area contributed by atoms with Crippen LogP contribution in [-0.2, 0) is 28.3 Å². The molecule has 8 heteroatoms. The summed E-state index contributed by atoms with van der Waals surface area (Å²) in [5.41, 5.74) is 2.65. The van der Waals surface area contributed by atoms with Crippen molar-refractivity contribution in [3.8, 4) is 0 Å². The number of carbonyl (C=O) groups excluding carboxylic acids is 2. The lowest BCUT2D eigenvalue weighted by Gasteiger charge is -2.31. The first-order valence-corrected chi connectivity index (χ1v) is 13.0. The fraction of sp³-hybridized carbons (Fsp3) is 0.231. The number of amides is 2. The standard InChI is InChI=1S/C26H25Cl3N2O2S/c1-30-26(33)24(14-18-6-3-2-4-7-18)31(15-19-10-12-20(27)13-11-19)25(32)17-34-16-21-22(28)8-5-9-23(21)29/h2-13,24H,14-17H2,1H3,(H,30,33). The van der Waals surface area contributed by atoms with Crippen molar-refractivity contribution >= 4 is 58.4 Å². The van der Waals surface area contributed by atoms with Gasteiger partial charge in [-0.2, -0.15) is 0 Å². The zero-order valence-corrected chi connectivity index (χ0v) is 21.7. The summed E-state index contributed by atoms with van der Waals surface area (Å²) in [5.74, 6) is 0.303. The second kappa shape index (κ2) is 13.1. The average Bonchev–Trinajstić information content (AvgIpc) is 2.84. The van der Waals surface area contributed by atoms with Crippen molar-refractivity contribution in [1.29, 1.82) is 0 Å². The third-order valence-corrected chi connectivity index (χ3v) is 7.22. The van der Waals surface area contributed by atoms with Gasteiger partial charge in [-0.3, -0.25) is 9.59 Å². The number of thioether (sulfide) groups is 1. The van der Waals surface area contributed by atoms with Gasteiger partial charge in [0.05, 0.1) is 5.75 Å². The molecule has 178 valence electrons. The number of nitrogens with one attached hydrogen (secondary N) is 1. The molecule has 0 aliphatic heterocycles. The van der Waals surface area contributed by atoms with Gasteiger partial charge in [-0.15, -0.1) is 11.8 Å². The minimum atomic E-state index is -0.667. The molecule has 0 aromatic heterocycles. The number of nitrogens with zero attached hydrogens (tertiary/aromatic N) is 1. The van der Waals surface area contributed by atoms with E-state index in [2.05, 4.69) is 5.32 Å². The molecule has 0 saturated carbocycles. The Labute approximate surface area is 219 Å². The Kier molecular flexibility index (Phi) is 10.1. The molecule has 3 aromatic carbocycles. The van der Waals surface area contributed by atoms with Gasteiger partial charge >= 0.3 is 0 Å². The van der Waals surface area contributed by atoms with Crippen LogP contribution < -0.4 is 5.32 Å². The number of carbonyl (C=O) groups is 2. The number of halogens is 3. The minimum Gasteiger partial charge on any atom is -0.357 e. The highest BCUT2D eigenvalue weighted by molar-refractivity contribution is 7.99. The predicted octanol–water partition coefficient (Wildman–Crippen LogP) is 6.27. The van der Waals surface area contributed by atoms with Gasteiger partial charge in [-0.25, -0.2) is 0 Å². The fourth-order valence-corrected chi connectivity index (χ4v) is 5.27. The molecule has 1 atom stereocenters. The van der Waals surface area contributed by atoms with Crippen molar-refractivity contribution < 1.29 is 9.59 Å². The molecule has 0 saturated heterocycles. The molecule has 0 fully saturated rings. The summed E-state index contributed by atoms with van der Waals surface area (Å²) in [6.45, 7) is 0.286. The van der Waals surface area contributed by atoms with Gasteiger partial charge in [-0.05, 0) is 41.0 Å². The summed E-state index contributed by atoms with van der Waals surface area (Å²) in [4.78, 5) is 28.0. The van der Waals surface area contributed by atoms with Crippen LogP contribution in [0.4, 0.5) is 0 Å². The van der Waals surface area contributed by atoms with Crippen LogP contribution in [0.25, 0.3) is 0 Å². The summed E-state index contributed by atoms with van der Waals surface area (Å²) in [6.07, 6.45) is 0.404. The van der Waals surface area contributed by atoms with Gasteiger partial charge in [-0.1, -0.05) is 83.3 Å². The van der Waals surface area contributed by atoms with E-state index in [0.717, 1.165) is 16.7 Å². The van der Waals surface area contributed by atoms with E-state index in [0.29, 0.717) is 27.2 Å². The van der Waals surface area contributed by atoms with Crippen LogP contribution in [0.1, 0.15) is 16.7 Å². The van der Waals surface area contributed by atoms with E-state index >= 15 is 0 Å². The average molecular weight is 536 g/mol.